The van der Waals surface area contributed by atoms with Gasteiger partial charge in [0.15, 0.2) is 11.6 Å². The molecule has 0 aliphatic heterocycles. The van der Waals surface area contributed by atoms with Crippen molar-refractivity contribution in [2.45, 2.75) is 33.1 Å². The number of phenolic OH excluding ortho intramolecular Hbond substituents is 1. The predicted octanol–water partition coefficient (Wildman–Crippen LogP) is 6.65. The van der Waals surface area contributed by atoms with E-state index in [-0.39, 0.29) is 17.6 Å². The lowest BCUT2D eigenvalue weighted by Gasteiger charge is -2.29. The fourth-order valence-electron chi connectivity index (χ4n) is 4.63. The van der Waals surface area contributed by atoms with Crippen LogP contribution in [0.15, 0.2) is 54.6 Å². The number of aromatic hydroxyl groups is 1. The Morgan fingerprint density at radius 1 is 1.03 bits per heavy atom. The summed E-state index contributed by atoms with van der Waals surface area (Å²) in [6.07, 6.45) is -0.521. The normalized spacial score (nSPS) is 11.6. The number of halogens is 2. The van der Waals surface area contributed by atoms with Gasteiger partial charge >= 0.3 is 12.1 Å². The minimum absolute atomic E-state index is 0.0596. The lowest BCUT2D eigenvalue weighted by atomic mass is 9.84. The molecule has 3 aromatic carbocycles. The Hall–Kier alpha value is -4.40. The maximum Gasteiger partial charge on any atom is 0.409 e. The third-order valence-corrected chi connectivity index (χ3v) is 6.86. The van der Waals surface area contributed by atoms with Crippen molar-refractivity contribution in [1.82, 2.24) is 9.47 Å². The average Bonchev–Trinajstić information content (AvgIpc) is 3.27. The maximum atomic E-state index is 14.8. The number of carboxylic acids is 1. The summed E-state index contributed by atoms with van der Waals surface area (Å²) in [7, 11) is 1.61. The fourth-order valence-corrected chi connectivity index (χ4v) is 4.63. The number of rotatable bonds is 7. The van der Waals surface area contributed by atoms with Crippen LogP contribution in [-0.4, -0.2) is 51.9 Å². The van der Waals surface area contributed by atoms with Crippen molar-refractivity contribution in [1.29, 1.82) is 0 Å². The second-order valence-electron chi connectivity index (χ2n) is 10.1. The van der Waals surface area contributed by atoms with Gasteiger partial charge in [-0.2, -0.15) is 0 Å². The smallest absolute Gasteiger partial charge is 0.409 e. The molecule has 39 heavy (non-hydrogen) atoms. The van der Waals surface area contributed by atoms with Gasteiger partial charge in [-0.25, -0.2) is 18.4 Å². The van der Waals surface area contributed by atoms with E-state index in [2.05, 4.69) is 0 Å². The van der Waals surface area contributed by atoms with Gasteiger partial charge in [0.1, 0.15) is 12.4 Å². The Kier molecular flexibility index (Phi) is 7.37. The van der Waals surface area contributed by atoms with Gasteiger partial charge < -0.3 is 24.4 Å². The van der Waals surface area contributed by atoms with Gasteiger partial charge in [-0.05, 0) is 67.4 Å². The van der Waals surface area contributed by atoms with Crippen LogP contribution in [0.25, 0.3) is 27.7 Å². The van der Waals surface area contributed by atoms with Crippen LogP contribution >= 0.6 is 0 Å². The Morgan fingerprint density at radius 2 is 1.67 bits per heavy atom. The van der Waals surface area contributed by atoms with Crippen molar-refractivity contribution in [2.24, 2.45) is 0 Å². The van der Waals surface area contributed by atoms with Crippen molar-refractivity contribution in [2.75, 3.05) is 20.2 Å². The van der Waals surface area contributed by atoms with Gasteiger partial charge in [-0.3, -0.25) is 0 Å². The number of amides is 1. The van der Waals surface area contributed by atoms with E-state index < -0.39 is 34.9 Å². The highest BCUT2D eigenvalue weighted by atomic mass is 19.1. The van der Waals surface area contributed by atoms with Gasteiger partial charge in [0.05, 0.1) is 16.5 Å². The third-order valence-electron chi connectivity index (χ3n) is 6.86. The largest absolute Gasteiger partial charge is 0.504 e. The van der Waals surface area contributed by atoms with E-state index in [1.807, 2.05) is 20.8 Å². The van der Waals surface area contributed by atoms with Crippen LogP contribution in [0.3, 0.4) is 0 Å². The number of carboxylic acid groups (broad SMARTS) is 1. The number of ether oxygens (including phenoxy) is 1. The summed E-state index contributed by atoms with van der Waals surface area (Å²) < 4.78 is 36.5. The van der Waals surface area contributed by atoms with Gasteiger partial charge in [-0.1, -0.05) is 26.0 Å². The summed E-state index contributed by atoms with van der Waals surface area (Å²) in [4.78, 5) is 25.4. The first-order chi connectivity index (χ1) is 18.4. The molecule has 0 saturated carbocycles. The molecule has 1 heterocycles. The van der Waals surface area contributed by atoms with Crippen LogP contribution in [-0.2, 0) is 10.2 Å². The number of nitrogens with zero attached hydrogens (tertiary/aromatic N) is 2. The standard InChI is InChI=1S/C30H30F2N2O5/c1-6-33(5)29(38)39-16-30(3,4)27-24(18-7-9-19(10-8-18)28(36)37)25-23(14-13-22(32)26(25)35)34(27)20-11-12-21(31)17(2)15-20/h7-15,35H,6,16H2,1-5H3,(H,36,37). The first-order valence-electron chi connectivity index (χ1n) is 12.4. The van der Waals surface area contributed by atoms with Crippen molar-refractivity contribution in [3.63, 3.8) is 0 Å². The number of aromatic carboxylic acids is 1. The zero-order valence-corrected chi connectivity index (χ0v) is 22.4. The van der Waals surface area contributed by atoms with E-state index in [4.69, 9.17) is 4.74 Å². The molecule has 0 bridgehead atoms. The molecule has 9 heteroatoms. The van der Waals surface area contributed by atoms with Crippen LogP contribution in [0, 0.1) is 18.6 Å². The van der Waals surface area contributed by atoms with Crippen LogP contribution in [0.1, 0.15) is 42.4 Å². The summed E-state index contributed by atoms with van der Waals surface area (Å²) in [5.74, 6) is -2.92. The molecule has 0 fully saturated rings. The molecular formula is C30H30F2N2O5. The molecule has 0 spiro atoms. The van der Waals surface area contributed by atoms with E-state index in [1.54, 1.807) is 42.8 Å². The van der Waals surface area contributed by atoms with Gasteiger partial charge in [0.25, 0.3) is 0 Å². The molecule has 1 amide bonds. The Labute approximate surface area is 224 Å². The lowest BCUT2D eigenvalue weighted by Crippen LogP contribution is -2.34. The molecule has 0 aliphatic rings. The summed E-state index contributed by atoms with van der Waals surface area (Å²) >= 11 is 0. The molecule has 204 valence electrons. The number of carbonyl (C=O) groups excluding carboxylic acids is 1. The third kappa shape index (κ3) is 5.04. The summed E-state index contributed by atoms with van der Waals surface area (Å²) in [6.45, 7) is 7.50. The second kappa shape index (κ2) is 10.4. The zero-order chi connectivity index (χ0) is 28.6. The van der Waals surface area contributed by atoms with Crippen LogP contribution < -0.4 is 0 Å². The van der Waals surface area contributed by atoms with E-state index in [0.717, 1.165) is 6.07 Å². The van der Waals surface area contributed by atoms with Crippen molar-refractivity contribution in [3.8, 4) is 22.6 Å². The van der Waals surface area contributed by atoms with Gasteiger partial charge in [0, 0.05) is 36.0 Å². The van der Waals surface area contributed by atoms with Crippen LogP contribution in [0.5, 0.6) is 5.75 Å². The van der Waals surface area contributed by atoms with E-state index in [0.29, 0.717) is 40.1 Å². The number of hydrogen-bond donors (Lipinski definition) is 2. The topological polar surface area (TPSA) is 92.0 Å². The maximum absolute atomic E-state index is 14.8. The SMILES string of the molecule is CCN(C)C(=O)OCC(C)(C)c1c(-c2ccc(C(=O)O)cc2)c2c(O)c(F)ccc2n1-c1ccc(F)c(C)c1. The first-order valence-corrected chi connectivity index (χ1v) is 12.4. The number of phenols is 1. The molecule has 4 aromatic rings. The van der Waals surface area contributed by atoms with E-state index >= 15 is 0 Å². The van der Waals surface area contributed by atoms with Crippen molar-refractivity contribution >= 4 is 23.0 Å². The van der Waals surface area contributed by atoms with Crippen LogP contribution in [0.4, 0.5) is 13.6 Å². The highest BCUT2D eigenvalue weighted by Gasteiger charge is 2.35. The molecule has 4 rings (SSSR count). The number of fused-ring (bicyclic) bond motifs is 1. The Morgan fingerprint density at radius 3 is 2.26 bits per heavy atom. The molecule has 0 aliphatic carbocycles. The number of aryl methyl sites for hydroxylation is 1. The molecule has 7 nitrogen and oxygen atoms in total. The summed E-state index contributed by atoms with van der Waals surface area (Å²) in [6, 6.07) is 13.2. The van der Waals surface area contributed by atoms with E-state index in [9.17, 15) is 28.6 Å². The molecule has 0 radical (unpaired) electrons. The number of carbonyl (C=O) groups is 2. The minimum Gasteiger partial charge on any atom is -0.504 e. The monoisotopic (exact) mass is 536 g/mol. The molecule has 0 atom stereocenters. The highest BCUT2D eigenvalue weighted by Crippen LogP contribution is 2.47. The number of aromatic nitrogens is 1. The molecule has 0 saturated heterocycles. The second-order valence-corrected chi connectivity index (χ2v) is 10.1. The minimum atomic E-state index is -1.10. The number of benzene rings is 3. The summed E-state index contributed by atoms with van der Waals surface area (Å²) in [5.41, 5.74) is 2.02. The van der Waals surface area contributed by atoms with Gasteiger partial charge in [-0.15, -0.1) is 0 Å². The Balaban J connectivity index is 2.09. The number of hydrogen-bond acceptors (Lipinski definition) is 4. The van der Waals surface area contributed by atoms with Gasteiger partial charge in [0.2, 0.25) is 0 Å². The average molecular weight is 537 g/mol. The fraction of sp³-hybridized carbons (Fsp3) is 0.267. The quantitative estimate of drug-likeness (QED) is 0.276. The molecule has 0 unspecified atom stereocenters. The first kappa shape index (κ1) is 27.6. The highest BCUT2D eigenvalue weighted by molar-refractivity contribution is 6.04. The zero-order valence-electron chi connectivity index (χ0n) is 22.4. The molecule has 1 aromatic heterocycles. The predicted molar refractivity (Wildman–Crippen MR) is 145 cm³/mol. The van der Waals surface area contributed by atoms with E-state index in [1.165, 1.54) is 29.2 Å². The molecule has 2 N–H and O–H groups in total. The summed E-state index contributed by atoms with van der Waals surface area (Å²) in [5, 5.41) is 20.6. The Bertz CT molecular complexity index is 1580. The van der Waals surface area contributed by atoms with Crippen molar-refractivity contribution in [3.05, 3.63) is 83.1 Å². The lowest BCUT2D eigenvalue weighted by molar-refractivity contribution is 0.0696. The van der Waals surface area contributed by atoms with Crippen LogP contribution in [0.2, 0.25) is 0 Å². The van der Waals surface area contributed by atoms with Crippen molar-refractivity contribution < 1.29 is 33.3 Å². The molecular weight excluding hydrogens is 506 g/mol.